The molecule has 0 bridgehead atoms. The lowest BCUT2D eigenvalue weighted by molar-refractivity contribution is -0.384. The van der Waals surface area contributed by atoms with Crippen molar-refractivity contribution >= 4 is 11.6 Å². The molecule has 0 aliphatic rings. The van der Waals surface area contributed by atoms with Gasteiger partial charge in [0.15, 0.2) is 5.69 Å². The maximum absolute atomic E-state index is 10.3. The first kappa shape index (κ1) is 8.02. The molecule has 0 saturated heterocycles. The molecule has 1 aromatic heterocycles. The lowest BCUT2D eigenvalue weighted by Crippen LogP contribution is -1.87. The van der Waals surface area contributed by atoms with Crippen molar-refractivity contribution in [1.82, 2.24) is 5.16 Å². The minimum absolute atomic E-state index is 0.0856. The Kier molecular flexibility index (Phi) is 1.93. The van der Waals surface area contributed by atoms with Gasteiger partial charge in [0.25, 0.3) is 5.88 Å². The summed E-state index contributed by atoms with van der Waals surface area (Å²) in [6.45, 7) is 1.39. The Bertz CT molecular complexity index is 363. The van der Waals surface area contributed by atoms with Crippen LogP contribution in [0.1, 0.15) is 5.69 Å². The number of rotatable bonds is 2. The smallest absolute Gasteiger partial charge is 0.341 e. The SMILES string of the molecule is Cc1noc(N=[N+]=[N-])c1[N+](=O)[O-]. The van der Waals surface area contributed by atoms with E-state index >= 15 is 0 Å². The van der Waals surface area contributed by atoms with Gasteiger partial charge in [0.2, 0.25) is 0 Å². The predicted octanol–water partition coefficient (Wildman–Crippen LogP) is 1.83. The zero-order valence-electron chi connectivity index (χ0n) is 5.96. The fourth-order valence-corrected chi connectivity index (χ4v) is 0.669. The van der Waals surface area contributed by atoms with Gasteiger partial charge in [0.1, 0.15) is 0 Å². The maximum Gasteiger partial charge on any atom is 0.341 e. The molecule has 0 atom stereocenters. The number of aromatic nitrogens is 1. The number of nitro groups is 1. The highest BCUT2D eigenvalue weighted by Gasteiger charge is 2.22. The molecule has 62 valence electrons. The van der Waals surface area contributed by atoms with Gasteiger partial charge in [-0.05, 0) is 17.6 Å². The summed E-state index contributed by atoms with van der Waals surface area (Å²) in [6.07, 6.45) is 0. The monoisotopic (exact) mass is 169 g/mol. The average molecular weight is 169 g/mol. The van der Waals surface area contributed by atoms with Gasteiger partial charge in [0.05, 0.1) is 4.92 Å². The Hall–Kier alpha value is -2.08. The molecule has 0 fully saturated rings. The second-order valence-corrected chi connectivity index (χ2v) is 1.87. The fourth-order valence-electron chi connectivity index (χ4n) is 0.669. The normalized spacial score (nSPS) is 9.08. The van der Waals surface area contributed by atoms with E-state index in [9.17, 15) is 10.1 Å². The summed E-state index contributed by atoms with van der Waals surface area (Å²) in [5.74, 6) is -0.417. The Morgan fingerprint density at radius 2 is 2.50 bits per heavy atom. The van der Waals surface area contributed by atoms with Crippen LogP contribution >= 0.6 is 0 Å². The van der Waals surface area contributed by atoms with Crippen LogP contribution < -0.4 is 0 Å². The van der Waals surface area contributed by atoms with E-state index in [1.54, 1.807) is 0 Å². The standard InChI is InChI=1S/C4H3N5O3/c1-2-3(9(10)11)4(6-8-5)12-7-2/h1H3. The highest BCUT2D eigenvalue weighted by atomic mass is 16.6. The summed E-state index contributed by atoms with van der Waals surface area (Å²) < 4.78 is 4.39. The van der Waals surface area contributed by atoms with Crippen LogP contribution in [0.3, 0.4) is 0 Å². The third-order valence-electron chi connectivity index (χ3n) is 1.13. The first-order chi connectivity index (χ1) is 5.66. The Balaban J connectivity index is 3.30. The first-order valence-corrected chi connectivity index (χ1v) is 2.82. The van der Waals surface area contributed by atoms with Crippen molar-refractivity contribution in [3.05, 3.63) is 26.3 Å². The van der Waals surface area contributed by atoms with Gasteiger partial charge in [-0.3, -0.25) is 10.1 Å². The Morgan fingerprint density at radius 3 is 3.00 bits per heavy atom. The summed E-state index contributed by atoms with van der Waals surface area (Å²) >= 11 is 0. The largest absolute Gasteiger partial charge is 0.347 e. The summed E-state index contributed by atoms with van der Waals surface area (Å²) in [7, 11) is 0. The molecule has 0 saturated carbocycles. The average Bonchev–Trinajstić information content (AvgIpc) is 2.32. The van der Waals surface area contributed by atoms with Crippen molar-refractivity contribution in [3.63, 3.8) is 0 Å². The van der Waals surface area contributed by atoms with E-state index < -0.39 is 16.5 Å². The van der Waals surface area contributed by atoms with E-state index in [4.69, 9.17) is 5.53 Å². The minimum atomic E-state index is -0.712. The summed E-state index contributed by atoms with van der Waals surface area (Å²) in [6, 6.07) is 0. The quantitative estimate of drug-likeness (QED) is 0.220. The second kappa shape index (κ2) is 2.89. The van der Waals surface area contributed by atoms with E-state index in [0.717, 1.165) is 0 Å². The molecule has 12 heavy (non-hydrogen) atoms. The molecule has 0 aliphatic heterocycles. The van der Waals surface area contributed by atoms with E-state index in [2.05, 4.69) is 19.7 Å². The number of hydrogen-bond acceptors (Lipinski definition) is 5. The van der Waals surface area contributed by atoms with E-state index in [-0.39, 0.29) is 5.69 Å². The van der Waals surface area contributed by atoms with Crippen LogP contribution in [0.4, 0.5) is 11.6 Å². The van der Waals surface area contributed by atoms with Crippen LogP contribution in [0.15, 0.2) is 9.64 Å². The van der Waals surface area contributed by atoms with Gasteiger partial charge < -0.3 is 4.52 Å². The number of nitrogens with zero attached hydrogens (tertiary/aromatic N) is 5. The molecule has 0 N–H and O–H groups in total. The van der Waals surface area contributed by atoms with Gasteiger partial charge >= 0.3 is 5.69 Å². The molecule has 8 heteroatoms. The zero-order chi connectivity index (χ0) is 9.14. The minimum Gasteiger partial charge on any atom is -0.347 e. The molecule has 1 heterocycles. The third kappa shape index (κ3) is 1.18. The fraction of sp³-hybridized carbons (Fsp3) is 0.250. The molecule has 0 unspecified atom stereocenters. The highest BCUT2D eigenvalue weighted by molar-refractivity contribution is 5.51. The molecule has 0 aromatic carbocycles. The second-order valence-electron chi connectivity index (χ2n) is 1.87. The van der Waals surface area contributed by atoms with Gasteiger partial charge in [-0.15, -0.1) is 0 Å². The van der Waals surface area contributed by atoms with Gasteiger partial charge in [-0.2, -0.15) is 0 Å². The van der Waals surface area contributed by atoms with Crippen LogP contribution in [0.2, 0.25) is 0 Å². The molecule has 0 aliphatic carbocycles. The van der Waals surface area contributed by atoms with Gasteiger partial charge in [-0.25, -0.2) is 0 Å². The van der Waals surface area contributed by atoms with Crippen molar-refractivity contribution in [2.75, 3.05) is 0 Å². The van der Waals surface area contributed by atoms with E-state index in [1.807, 2.05) is 0 Å². The number of aryl methyl sites for hydroxylation is 1. The number of azide groups is 1. The molecule has 0 spiro atoms. The number of hydrogen-bond donors (Lipinski definition) is 0. The zero-order valence-corrected chi connectivity index (χ0v) is 5.96. The molecular formula is C4H3N5O3. The molecule has 0 radical (unpaired) electrons. The van der Waals surface area contributed by atoms with Crippen LogP contribution in [0, 0.1) is 17.0 Å². The third-order valence-corrected chi connectivity index (χ3v) is 1.13. The van der Waals surface area contributed by atoms with Crippen LogP contribution in [0.25, 0.3) is 10.4 Å². The predicted molar refractivity (Wildman–Crippen MR) is 36.7 cm³/mol. The highest BCUT2D eigenvalue weighted by Crippen LogP contribution is 2.30. The van der Waals surface area contributed by atoms with Crippen LogP contribution in [0.5, 0.6) is 0 Å². The van der Waals surface area contributed by atoms with Crippen molar-refractivity contribution < 1.29 is 9.45 Å². The van der Waals surface area contributed by atoms with Crippen molar-refractivity contribution in [2.45, 2.75) is 6.92 Å². The topological polar surface area (TPSA) is 118 Å². The van der Waals surface area contributed by atoms with Gasteiger partial charge in [-0.1, -0.05) is 5.16 Å². The molecule has 8 nitrogen and oxygen atoms in total. The van der Waals surface area contributed by atoms with Crippen molar-refractivity contribution in [1.29, 1.82) is 0 Å². The summed E-state index contributed by atoms with van der Waals surface area (Å²) in [5, 5.41) is 16.5. The summed E-state index contributed by atoms with van der Waals surface area (Å²) in [4.78, 5) is 11.9. The molecule has 1 rings (SSSR count). The molecule has 0 amide bonds. The van der Waals surface area contributed by atoms with Crippen LogP contribution in [-0.4, -0.2) is 10.1 Å². The Morgan fingerprint density at radius 1 is 1.83 bits per heavy atom. The molecule has 1 aromatic rings. The summed E-state index contributed by atoms with van der Waals surface area (Å²) in [5.41, 5.74) is 7.67. The van der Waals surface area contributed by atoms with Gasteiger partial charge in [0, 0.05) is 4.91 Å². The molecular weight excluding hydrogens is 166 g/mol. The first-order valence-electron chi connectivity index (χ1n) is 2.82. The lowest BCUT2D eigenvalue weighted by Gasteiger charge is -1.83. The van der Waals surface area contributed by atoms with Crippen molar-refractivity contribution in [2.24, 2.45) is 5.11 Å². The maximum atomic E-state index is 10.3. The van der Waals surface area contributed by atoms with E-state index in [0.29, 0.717) is 0 Å². The van der Waals surface area contributed by atoms with E-state index in [1.165, 1.54) is 6.92 Å². The Labute approximate surface area is 65.5 Å². The van der Waals surface area contributed by atoms with Crippen LogP contribution in [-0.2, 0) is 0 Å². The van der Waals surface area contributed by atoms with Crippen molar-refractivity contribution in [3.8, 4) is 0 Å². The lowest BCUT2D eigenvalue weighted by atomic mass is 10.4.